The molecule has 132 valence electrons. The Morgan fingerprint density at radius 3 is 2.58 bits per heavy atom. The molecule has 1 fully saturated rings. The minimum absolute atomic E-state index is 0.0350. The maximum absolute atomic E-state index is 12.3. The smallest absolute Gasteiger partial charge is 0.317 e. The predicted octanol–water partition coefficient (Wildman–Crippen LogP) is 2.47. The molecule has 24 heavy (non-hydrogen) atoms. The fourth-order valence-corrected chi connectivity index (χ4v) is 2.74. The van der Waals surface area contributed by atoms with E-state index < -0.39 is 0 Å². The van der Waals surface area contributed by atoms with Gasteiger partial charge in [-0.05, 0) is 38.3 Å². The van der Waals surface area contributed by atoms with Crippen LogP contribution in [0.25, 0.3) is 0 Å². The van der Waals surface area contributed by atoms with Crippen molar-refractivity contribution in [2.75, 3.05) is 38.2 Å². The second-order valence-corrected chi connectivity index (χ2v) is 5.90. The number of carbonyl (C=O) groups is 2. The molecule has 0 spiro atoms. The van der Waals surface area contributed by atoms with Crippen LogP contribution in [0.5, 0.6) is 0 Å². The highest BCUT2D eigenvalue weighted by atomic mass is 16.5. The zero-order chi connectivity index (χ0) is 17.2. The van der Waals surface area contributed by atoms with E-state index in [1.165, 1.54) is 0 Å². The number of hydrogen-bond donors (Lipinski definition) is 2. The number of carbonyl (C=O) groups excluding carboxylic acids is 2. The number of urea groups is 1. The molecule has 0 unspecified atom stereocenters. The van der Waals surface area contributed by atoms with Crippen molar-refractivity contribution in [2.45, 2.75) is 26.2 Å². The van der Waals surface area contributed by atoms with Crippen LogP contribution in [0.2, 0.25) is 0 Å². The topological polar surface area (TPSA) is 70.7 Å². The van der Waals surface area contributed by atoms with Crippen molar-refractivity contribution in [1.29, 1.82) is 0 Å². The maximum Gasteiger partial charge on any atom is 0.317 e. The summed E-state index contributed by atoms with van der Waals surface area (Å²) in [6, 6.07) is 9.42. The minimum Gasteiger partial charge on any atom is -0.382 e. The lowest BCUT2D eigenvalue weighted by atomic mass is 9.96. The van der Waals surface area contributed by atoms with Crippen LogP contribution in [-0.4, -0.2) is 49.7 Å². The van der Waals surface area contributed by atoms with Gasteiger partial charge in [0.2, 0.25) is 5.91 Å². The van der Waals surface area contributed by atoms with Gasteiger partial charge in [-0.2, -0.15) is 0 Å². The number of hydrogen-bond acceptors (Lipinski definition) is 3. The van der Waals surface area contributed by atoms with Gasteiger partial charge in [-0.1, -0.05) is 18.2 Å². The van der Waals surface area contributed by atoms with Gasteiger partial charge in [0.05, 0.1) is 0 Å². The molecule has 1 aromatic carbocycles. The summed E-state index contributed by atoms with van der Waals surface area (Å²) in [5, 5.41) is 5.84. The number of nitrogens with one attached hydrogen (secondary N) is 2. The largest absolute Gasteiger partial charge is 0.382 e. The van der Waals surface area contributed by atoms with E-state index in [1.807, 2.05) is 37.3 Å². The van der Waals surface area contributed by atoms with Gasteiger partial charge in [0.15, 0.2) is 0 Å². The van der Waals surface area contributed by atoms with Crippen LogP contribution in [0.15, 0.2) is 30.3 Å². The van der Waals surface area contributed by atoms with Crippen LogP contribution in [0.4, 0.5) is 10.5 Å². The first-order chi connectivity index (χ1) is 11.7. The zero-order valence-corrected chi connectivity index (χ0v) is 14.3. The summed E-state index contributed by atoms with van der Waals surface area (Å²) in [6.45, 7) is 5.17. The summed E-state index contributed by atoms with van der Waals surface area (Å²) >= 11 is 0. The molecule has 0 atom stereocenters. The molecule has 0 aliphatic carbocycles. The average Bonchev–Trinajstić information content (AvgIpc) is 2.62. The molecule has 2 rings (SSSR count). The van der Waals surface area contributed by atoms with Crippen molar-refractivity contribution in [2.24, 2.45) is 5.92 Å². The quantitative estimate of drug-likeness (QED) is 0.753. The molecule has 2 N–H and O–H groups in total. The highest BCUT2D eigenvalue weighted by Gasteiger charge is 2.27. The highest BCUT2D eigenvalue weighted by Crippen LogP contribution is 2.19. The fourth-order valence-electron chi connectivity index (χ4n) is 2.74. The van der Waals surface area contributed by atoms with Crippen LogP contribution < -0.4 is 10.6 Å². The van der Waals surface area contributed by atoms with Crippen molar-refractivity contribution in [3.8, 4) is 0 Å². The van der Waals surface area contributed by atoms with Crippen LogP contribution >= 0.6 is 0 Å². The Hall–Kier alpha value is -2.08. The number of piperidine rings is 1. The fraction of sp³-hybridized carbons (Fsp3) is 0.556. The first-order valence-electron chi connectivity index (χ1n) is 8.67. The lowest BCUT2D eigenvalue weighted by molar-refractivity contribution is -0.121. The Morgan fingerprint density at radius 1 is 1.21 bits per heavy atom. The Kier molecular flexibility index (Phi) is 7.55. The van der Waals surface area contributed by atoms with E-state index in [0.29, 0.717) is 45.7 Å². The van der Waals surface area contributed by atoms with Gasteiger partial charge < -0.3 is 20.3 Å². The normalized spacial score (nSPS) is 15.1. The summed E-state index contributed by atoms with van der Waals surface area (Å²) in [7, 11) is 0. The number of ether oxygens (including phenoxy) is 1. The van der Waals surface area contributed by atoms with Gasteiger partial charge in [0.25, 0.3) is 0 Å². The number of benzene rings is 1. The first kappa shape index (κ1) is 18.3. The van der Waals surface area contributed by atoms with Crippen LogP contribution in [0.3, 0.4) is 0 Å². The second-order valence-electron chi connectivity index (χ2n) is 5.90. The van der Waals surface area contributed by atoms with Crippen molar-refractivity contribution in [1.82, 2.24) is 10.2 Å². The van der Waals surface area contributed by atoms with Gasteiger partial charge in [-0.15, -0.1) is 0 Å². The van der Waals surface area contributed by atoms with Gasteiger partial charge in [0.1, 0.15) is 0 Å². The Bertz CT molecular complexity index is 514. The molecule has 6 nitrogen and oxygen atoms in total. The molecular formula is C18H27N3O3. The third-order valence-corrected chi connectivity index (χ3v) is 4.14. The van der Waals surface area contributed by atoms with Crippen LogP contribution in [-0.2, 0) is 9.53 Å². The summed E-state index contributed by atoms with van der Waals surface area (Å²) in [6.07, 6.45) is 2.21. The summed E-state index contributed by atoms with van der Waals surface area (Å²) in [4.78, 5) is 26.1. The number of amides is 3. The molecule has 0 saturated carbocycles. The molecule has 1 aliphatic heterocycles. The Morgan fingerprint density at radius 2 is 1.92 bits per heavy atom. The Balaban J connectivity index is 1.67. The van der Waals surface area contributed by atoms with E-state index in [4.69, 9.17) is 4.74 Å². The molecule has 0 radical (unpaired) electrons. The molecule has 0 aromatic heterocycles. The van der Waals surface area contributed by atoms with Crippen molar-refractivity contribution in [3.63, 3.8) is 0 Å². The third kappa shape index (κ3) is 5.85. The molecule has 6 heteroatoms. The van der Waals surface area contributed by atoms with Crippen LogP contribution in [0, 0.1) is 5.92 Å². The monoisotopic (exact) mass is 333 g/mol. The molecule has 1 aromatic rings. The number of rotatable bonds is 7. The van der Waals surface area contributed by atoms with Gasteiger partial charge in [-0.25, -0.2) is 4.79 Å². The molecule has 1 saturated heterocycles. The van der Waals surface area contributed by atoms with E-state index in [9.17, 15) is 9.59 Å². The van der Waals surface area contributed by atoms with E-state index in [1.54, 1.807) is 4.90 Å². The number of anilines is 1. The van der Waals surface area contributed by atoms with E-state index in [2.05, 4.69) is 10.6 Å². The number of likely N-dealkylation sites (tertiary alicyclic amines) is 1. The lowest BCUT2D eigenvalue weighted by Crippen LogP contribution is -2.46. The molecule has 1 heterocycles. The van der Waals surface area contributed by atoms with E-state index in [-0.39, 0.29) is 17.9 Å². The third-order valence-electron chi connectivity index (χ3n) is 4.14. The summed E-state index contributed by atoms with van der Waals surface area (Å²) in [5.74, 6) is 0.00480. The molecule has 1 aliphatic rings. The van der Waals surface area contributed by atoms with Crippen LogP contribution in [0.1, 0.15) is 26.2 Å². The Labute approximate surface area is 143 Å². The minimum atomic E-state index is -0.0478. The van der Waals surface area contributed by atoms with Gasteiger partial charge in [-0.3, -0.25) is 4.79 Å². The first-order valence-corrected chi connectivity index (χ1v) is 8.67. The lowest BCUT2D eigenvalue weighted by Gasteiger charge is -2.31. The SMILES string of the molecule is CCOCCCNC(=O)N1CCC(C(=O)Nc2ccccc2)CC1. The highest BCUT2D eigenvalue weighted by molar-refractivity contribution is 5.92. The molecular weight excluding hydrogens is 306 g/mol. The zero-order valence-electron chi connectivity index (χ0n) is 14.3. The molecule has 0 bridgehead atoms. The van der Waals surface area contributed by atoms with Crippen molar-refractivity contribution < 1.29 is 14.3 Å². The second kappa shape index (κ2) is 9.93. The average molecular weight is 333 g/mol. The summed E-state index contributed by atoms with van der Waals surface area (Å²) in [5.41, 5.74) is 0.817. The summed E-state index contributed by atoms with van der Waals surface area (Å²) < 4.78 is 5.24. The molecule has 3 amide bonds. The number of nitrogens with zero attached hydrogens (tertiary/aromatic N) is 1. The maximum atomic E-state index is 12.3. The van der Waals surface area contributed by atoms with Crippen molar-refractivity contribution >= 4 is 17.6 Å². The van der Waals surface area contributed by atoms with Gasteiger partial charge in [0, 0.05) is 44.5 Å². The number of para-hydroxylation sites is 1. The standard InChI is InChI=1S/C18H27N3O3/c1-2-24-14-6-11-19-18(23)21-12-9-15(10-13-21)17(22)20-16-7-4-3-5-8-16/h3-5,7-8,15H,2,6,9-14H2,1H3,(H,19,23)(H,20,22). The van der Waals surface area contributed by atoms with Crippen molar-refractivity contribution in [3.05, 3.63) is 30.3 Å². The van der Waals surface area contributed by atoms with E-state index in [0.717, 1.165) is 12.1 Å². The van der Waals surface area contributed by atoms with Gasteiger partial charge >= 0.3 is 6.03 Å². The predicted molar refractivity (Wildman–Crippen MR) is 93.9 cm³/mol. The van der Waals surface area contributed by atoms with E-state index >= 15 is 0 Å².